The van der Waals surface area contributed by atoms with E-state index in [4.69, 9.17) is 4.74 Å². The van der Waals surface area contributed by atoms with Crippen molar-refractivity contribution in [3.63, 3.8) is 0 Å². The van der Waals surface area contributed by atoms with Crippen LogP contribution in [0.15, 0.2) is 48.5 Å². The van der Waals surface area contributed by atoms with Gasteiger partial charge in [-0.2, -0.15) is 0 Å². The third kappa shape index (κ3) is 3.22. The van der Waals surface area contributed by atoms with Gasteiger partial charge in [0.25, 0.3) is 0 Å². The zero-order chi connectivity index (χ0) is 12.1. The number of ether oxygens (including phenoxy) is 1. The maximum atomic E-state index is 5.99. The number of aryl methyl sites for hydroxylation is 1. The highest BCUT2D eigenvalue weighted by Gasteiger charge is 2.08. The highest BCUT2D eigenvalue weighted by Crippen LogP contribution is 2.31. The van der Waals surface area contributed by atoms with Crippen LogP contribution < -0.4 is 4.74 Å². The lowest BCUT2D eigenvalue weighted by molar-refractivity contribution is 0.472. The van der Waals surface area contributed by atoms with Crippen molar-refractivity contribution in [1.82, 2.24) is 0 Å². The minimum atomic E-state index is 0.897. The molecule has 0 saturated carbocycles. The topological polar surface area (TPSA) is 9.23 Å². The third-order valence-electron chi connectivity index (χ3n) is 2.53. The van der Waals surface area contributed by atoms with Crippen LogP contribution in [0.25, 0.3) is 0 Å². The van der Waals surface area contributed by atoms with Gasteiger partial charge in [-0.25, -0.2) is 0 Å². The van der Waals surface area contributed by atoms with E-state index in [9.17, 15) is 0 Å². The molecule has 88 valence electrons. The van der Waals surface area contributed by atoms with Gasteiger partial charge in [0.2, 0.25) is 0 Å². The number of rotatable bonds is 4. The van der Waals surface area contributed by atoms with Crippen LogP contribution in [0, 0.1) is 3.57 Å². The average molecular weight is 338 g/mol. The summed E-state index contributed by atoms with van der Waals surface area (Å²) in [6.45, 7) is 2.19. The Morgan fingerprint density at radius 2 is 1.76 bits per heavy atom. The molecule has 0 amide bonds. The fraction of sp³-hybridized carbons (Fsp3) is 0.200. The normalized spacial score (nSPS) is 10.2. The van der Waals surface area contributed by atoms with Crippen molar-refractivity contribution in [2.24, 2.45) is 0 Å². The van der Waals surface area contributed by atoms with E-state index < -0.39 is 0 Å². The molecule has 0 bridgehead atoms. The molecule has 0 aromatic heterocycles. The molecule has 2 rings (SSSR count). The molecule has 0 heterocycles. The molecule has 2 aromatic rings. The Hall–Kier alpha value is -1.03. The SMILES string of the molecule is CCCc1cccc(I)c1Oc1ccccc1. The minimum Gasteiger partial charge on any atom is -0.456 e. The van der Waals surface area contributed by atoms with Crippen molar-refractivity contribution < 1.29 is 4.74 Å². The first kappa shape index (κ1) is 12.4. The Bertz CT molecular complexity index is 480. The maximum Gasteiger partial charge on any atom is 0.143 e. The number of hydrogen-bond donors (Lipinski definition) is 0. The summed E-state index contributed by atoms with van der Waals surface area (Å²) in [6, 6.07) is 16.3. The van der Waals surface area contributed by atoms with Gasteiger partial charge < -0.3 is 4.74 Å². The second-order valence-corrected chi connectivity index (χ2v) is 5.06. The van der Waals surface area contributed by atoms with Crippen LogP contribution in [0.4, 0.5) is 0 Å². The number of para-hydroxylation sites is 2. The van der Waals surface area contributed by atoms with Crippen molar-refractivity contribution in [3.05, 3.63) is 57.7 Å². The summed E-state index contributed by atoms with van der Waals surface area (Å²) in [5, 5.41) is 0. The standard InChI is InChI=1S/C15H15IO/c1-2-7-12-8-6-11-14(16)15(12)17-13-9-4-3-5-10-13/h3-6,8-11H,2,7H2,1H3. The Morgan fingerprint density at radius 3 is 2.47 bits per heavy atom. The first-order valence-electron chi connectivity index (χ1n) is 5.81. The number of benzene rings is 2. The molecule has 0 unspecified atom stereocenters. The van der Waals surface area contributed by atoms with Crippen molar-refractivity contribution in [3.8, 4) is 11.5 Å². The van der Waals surface area contributed by atoms with E-state index >= 15 is 0 Å². The van der Waals surface area contributed by atoms with E-state index in [0.29, 0.717) is 0 Å². The molecule has 0 atom stereocenters. The maximum absolute atomic E-state index is 5.99. The average Bonchev–Trinajstić information content (AvgIpc) is 2.35. The van der Waals surface area contributed by atoms with Gasteiger partial charge in [0.15, 0.2) is 0 Å². The van der Waals surface area contributed by atoms with E-state index in [1.165, 1.54) is 5.56 Å². The Balaban J connectivity index is 2.31. The van der Waals surface area contributed by atoms with Gasteiger partial charge in [-0.3, -0.25) is 0 Å². The van der Waals surface area contributed by atoms with E-state index in [2.05, 4.69) is 47.7 Å². The summed E-state index contributed by atoms with van der Waals surface area (Å²) in [5.41, 5.74) is 1.28. The molecule has 2 aromatic carbocycles. The van der Waals surface area contributed by atoms with Crippen LogP contribution in [0.5, 0.6) is 11.5 Å². The van der Waals surface area contributed by atoms with Gasteiger partial charge in [-0.1, -0.05) is 43.7 Å². The number of hydrogen-bond acceptors (Lipinski definition) is 1. The first-order valence-corrected chi connectivity index (χ1v) is 6.89. The minimum absolute atomic E-state index is 0.897. The lowest BCUT2D eigenvalue weighted by Gasteiger charge is -2.12. The van der Waals surface area contributed by atoms with Crippen molar-refractivity contribution in [1.29, 1.82) is 0 Å². The molecular weight excluding hydrogens is 323 g/mol. The number of halogens is 1. The quantitative estimate of drug-likeness (QED) is 0.710. The molecule has 0 fully saturated rings. The van der Waals surface area contributed by atoms with Crippen LogP contribution in [0.1, 0.15) is 18.9 Å². The largest absolute Gasteiger partial charge is 0.456 e. The summed E-state index contributed by atoms with van der Waals surface area (Å²) in [7, 11) is 0. The van der Waals surface area contributed by atoms with E-state index in [1.807, 2.05) is 30.3 Å². The molecule has 0 N–H and O–H groups in total. The molecule has 0 spiro atoms. The Labute approximate surface area is 116 Å². The van der Waals surface area contributed by atoms with Crippen LogP contribution >= 0.6 is 22.6 Å². The smallest absolute Gasteiger partial charge is 0.143 e. The molecule has 0 aliphatic heterocycles. The molecule has 0 radical (unpaired) electrons. The van der Waals surface area contributed by atoms with Gasteiger partial charge in [0, 0.05) is 0 Å². The fourth-order valence-electron chi connectivity index (χ4n) is 1.74. The van der Waals surface area contributed by atoms with Gasteiger partial charge >= 0.3 is 0 Å². The highest BCUT2D eigenvalue weighted by atomic mass is 127. The molecule has 1 nitrogen and oxygen atoms in total. The third-order valence-corrected chi connectivity index (χ3v) is 3.38. The van der Waals surface area contributed by atoms with Crippen LogP contribution in [0.3, 0.4) is 0 Å². The zero-order valence-corrected chi connectivity index (χ0v) is 12.0. The van der Waals surface area contributed by atoms with Gasteiger partial charge in [-0.05, 0) is 52.8 Å². The molecule has 17 heavy (non-hydrogen) atoms. The second-order valence-electron chi connectivity index (χ2n) is 3.89. The summed E-state index contributed by atoms with van der Waals surface area (Å²) >= 11 is 2.33. The Kier molecular flexibility index (Phi) is 4.42. The fourth-order valence-corrected chi connectivity index (χ4v) is 2.40. The van der Waals surface area contributed by atoms with Crippen molar-refractivity contribution in [2.45, 2.75) is 19.8 Å². The van der Waals surface area contributed by atoms with Crippen LogP contribution in [0.2, 0.25) is 0 Å². The van der Waals surface area contributed by atoms with E-state index in [0.717, 1.165) is 27.9 Å². The first-order chi connectivity index (χ1) is 8.31. The summed E-state index contributed by atoms with van der Waals surface area (Å²) < 4.78 is 7.15. The Morgan fingerprint density at radius 1 is 1.00 bits per heavy atom. The summed E-state index contributed by atoms with van der Waals surface area (Å²) in [6.07, 6.45) is 2.18. The van der Waals surface area contributed by atoms with Gasteiger partial charge in [0.1, 0.15) is 11.5 Å². The molecule has 2 heteroatoms. The van der Waals surface area contributed by atoms with Gasteiger partial charge in [-0.15, -0.1) is 0 Å². The molecular formula is C15H15IO. The lowest BCUT2D eigenvalue weighted by Crippen LogP contribution is -1.94. The predicted octanol–water partition coefficient (Wildman–Crippen LogP) is 5.04. The second kappa shape index (κ2) is 6.05. The summed E-state index contributed by atoms with van der Waals surface area (Å²) in [4.78, 5) is 0. The monoisotopic (exact) mass is 338 g/mol. The van der Waals surface area contributed by atoms with Crippen molar-refractivity contribution in [2.75, 3.05) is 0 Å². The highest BCUT2D eigenvalue weighted by molar-refractivity contribution is 14.1. The van der Waals surface area contributed by atoms with Crippen LogP contribution in [-0.2, 0) is 6.42 Å². The molecule has 0 saturated heterocycles. The van der Waals surface area contributed by atoms with E-state index in [1.54, 1.807) is 0 Å². The molecule has 0 aliphatic carbocycles. The van der Waals surface area contributed by atoms with Crippen LogP contribution in [-0.4, -0.2) is 0 Å². The van der Waals surface area contributed by atoms with E-state index in [-0.39, 0.29) is 0 Å². The van der Waals surface area contributed by atoms with Gasteiger partial charge in [0.05, 0.1) is 3.57 Å². The summed E-state index contributed by atoms with van der Waals surface area (Å²) in [5.74, 6) is 1.90. The lowest BCUT2D eigenvalue weighted by atomic mass is 10.1. The zero-order valence-electron chi connectivity index (χ0n) is 9.82. The molecule has 0 aliphatic rings. The predicted molar refractivity (Wildman–Crippen MR) is 79.7 cm³/mol. The van der Waals surface area contributed by atoms with Crippen molar-refractivity contribution >= 4 is 22.6 Å².